The summed E-state index contributed by atoms with van der Waals surface area (Å²) >= 11 is 6.38. The first kappa shape index (κ1) is 32.6. The highest BCUT2D eigenvalue weighted by Crippen LogP contribution is 2.43. The van der Waals surface area contributed by atoms with Gasteiger partial charge in [0.05, 0.1) is 11.4 Å². The summed E-state index contributed by atoms with van der Waals surface area (Å²) < 4.78 is 51.7. The van der Waals surface area contributed by atoms with Gasteiger partial charge in [-0.1, -0.05) is 23.7 Å². The van der Waals surface area contributed by atoms with Crippen LogP contribution in [0.2, 0.25) is 5.02 Å². The van der Waals surface area contributed by atoms with Gasteiger partial charge >= 0.3 is 12.1 Å². The molecule has 0 radical (unpaired) electrons. The maximum atomic E-state index is 14.9. The molecule has 0 unspecified atom stereocenters. The van der Waals surface area contributed by atoms with E-state index in [1.807, 2.05) is 30.9 Å². The smallest absolute Gasteiger partial charge is 0.429 e. The van der Waals surface area contributed by atoms with E-state index in [0.717, 1.165) is 16.7 Å². The maximum Gasteiger partial charge on any atom is 0.429 e. The van der Waals surface area contributed by atoms with Crippen molar-refractivity contribution >= 4 is 29.3 Å². The third kappa shape index (κ3) is 6.72. The lowest BCUT2D eigenvalue weighted by Crippen LogP contribution is -2.41. The number of nitrogens with two attached hydrogens (primary N) is 1. The van der Waals surface area contributed by atoms with Crippen LogP contribution in [-0.4, -0.2) is 62.7 Å². The van der Waals surface area contributed by atoms with Crippen molar-refractivity contribution in [2.24, 2.45) is 5.41 Å². The van der Waals surface area contributed by atoms with Crippen LogP contribution in [-0.2, 0) is 4.79 Å². The highest BCUT2D eigenvalue weighted by Gasteiger charge is 2.46. The Hall–Kier alpha value is -4.36. The summed E-state index contributed by atoms with van der Waals surface area (Å²) in [4.78, 5) is 21.7. The van der Waals surface area contributed by atoms with Crippen molar-refractivity contribution in [1.82, 2.24) is 25.1 Å². The number of nitrogens with zero attached hydrogens (tertiary/aromatic N) is 5. The number of aryl methyl sites for hydroxylation is 3. The molecule has 14 heteroatoms. The van der Waals surface area contributed by atoms with Crippen LogP contribution < -0.4 is 20.7 Å². The first-order valence-electron chi connectivity index (χ1n) is 15.2. The minimum Gasteiger partial charge on any atom is -0.480 e. The van der Waals surface area contributed by atoms with Gasteiger partial charge in [-0.15, -0.1) is 0 Å². The SMILES string of the molecule is Cc1ccn(-c2cc(-c3cc(C)c(Cl)c(C)c3)ccc2[C@@H](Oc2cc(N3CCC4(CC3)CN[C@H](C(=O)O)C4)nc(N)n2)C(F)(F)F)n1. The summed E-state index contributed by atoms with van der Waals surface area (Å²) in [6.45, 7) is 7.16. The molecule has 2 fully saturated rings. The molecule has 0 saturated carbocycles. The van der Waals surface area contributed by atoms with Crippen LogP contribution in [0.4, 0.5) is 24.9 Å². The summed E-state index contributed by atoms with van der Waals surface area (Å²) in [7, 11) is 0. The van der Waals surface area contributed by atoms with Gasteiger partial charge in [0.1, 0.15) is 11.9 Å². The van der Waals surface area contributed by atoms with Crippen molar-refractivity contribution in [3.05, 3.63) is 76.1 Å². The maximum absolute atomic E-state index is 14.9. The number of nitrogen functional groups attached to an aromatic ring is 1. The van der Waals surface area contributed by atoms with E-state index >= 15 is 0 Å². The van der Waals surface area contributed by atoms with Gasteiger partial charge in [-0.25, -0.2) is 4.68 Å². The molecule has 248 valence electrons. The zero-order valence-corrected chi connectivity index (χ0v) is 26.9. The van der Waals surface area contributed by atoms with Crippen LogP contribution in [0.3, 0.4) is 0 Å². The molecule has 2 aliphatic heterocycles. The molecule has 4 N–H and O–H groups in total. The second-order valence-corrected chi connectivity index (χ2v) is 12.9. The van der Waals surface area contributed by atoms with Gasteiger partial charge in [-0.3, -0.25) is 4.79 Å². The number of halogens is 4. The molecular formula is C33H35ClF3N7O3. The molecule has 0 bridgehead atoms. The fourth-order valence-corrected chi connectivity index (χ4v) is 6.68. The Morgan fingerprint density at radius 3 is 2.38 bits per heavy atom. The second kappa shape index (κ2) is 12.3. The van der Waals surface area contributed by atoms with Crippen molar-refractivity contribution in [1.29, 1.82) is 0 Å². The van der Waals surface area contributed by atoms with Crippen LogP contribution in [0.1, 0.15) is 47.8 Å². The van der Waals surface area contributed by atoms with Crippen molar-refractivity contribution < 1.29 is 27.8 Å². The lowest BCUT2D eigenvalue weighted by Gasteiger charge is -2.39. The van der Waals surface area contributed by atoms with Gasteiger partial charge in [-0.05, 0) is 92.0 Å². The molecule has 10 nitrogen and oxygen atoms in total. The van der Waals surface area contributed by atoms with E-state index in [4.69, 9.17) is 22.1 Å². The summed E-state index contributed by atoms with van der Waals surface area (Å²) in [5, 5.41) is 17.5. The van der Waals surface area contributed by atoms with E-state index in [0.29, 0.717) is 61.0 Å². The number of nitrogens with one attached hydrogen (secondary N) is 1. The number of rotatable bonds is 7. The van der Waals surface area contributed by atoms with Crippen molar-refractivity contribution in [3.63, 3.8) is 0 Å². The molecule has 2 aromatic heterocycles. The Kier molecular flexibility index (Phi) is 8.56. The lowest BCUT2D eigenvalue weighted by molar-refractivity contribution is -0.198. The largest absolute Gasteiger partial charge is 0.480 e. The van der Waals surface area contributed by atoms with Crippen molar-refractivity contribution in [3.8, 4) is 22.7 Å². The number of aromatic nitrogens is 4. The molecule has 2 atom stereocenters. The Labute approximate surface area is 274 Å². The standard InChI is InChI=1S/C33H35ClF3N7O3/c1-18-12-22(13-19(2)28(18)34)21-4-5-23(25(14-21)44-9-6-20(3)42-44)29(33(35,36)37)47-27-15-26(40-31(38)41-27)43-10-7-32(8-11-43)16-24(30(45)46)39-17-32/h4-6,9,12-15,24,29,39H,7-8,10-11,16-17H2,1-3H3,(H,45,46)(H2,38,40,41)/t24-,29+/m0/s1. The van der Waals surface area contributed by atoms with E-state index in [-0.39, 0.29) is 28.5 Å². The summed E-state index contributed by atoms with van der Waals surface area (Å²) in [6.07, 6.45) is -3.72. The van der Waals surface area contributed by atoms with Gasteiger partial charge in [0.2, 0.25) is 17.9 Å². The third-order valence-electron chi connectivity index (χ3n) is 9.10. The summed E-state index contributed by atoms with van der Waals surface area (Å²) in [5.74, 6) is -1.07. The topological polar surface area (TPSA) is 131 Å². The van der Waals surface area contributed by atoms with E-state index in [2.05, 4.69) is 20.4 Å². The van der Waals surface area contributed by atoms with E-state index in [9.17, 15) is 23.1 Å². The predicted molar refractivity (Wildman–Crippen MR) is 172 cm³/mol. The van der Waals surface area contributed by atoms with E-state index in [1.165, 1.54) is 16.8 Å². The first-order valence-corrected chi connectivity index (χ1v) is 15.6. The molecule has 2 aliphatic rings. The highest BCUT2D eigenvalue weighted by molar-refractivity contribution is 6.32. The number of carboxylic acids is 1. The van der Waals surface area contributed by atoms with E-state index < -0.39 is 24.3 Å². The van der Waals surface area contributed by atoms with Crippen molar-refractivity contribution in [2.75, 3.05) is 30.3 Å². The molecule has 6 rings (SSSR count). The van der Waals surface area contributed by atoms with Gasteiger partial charge in [0.25, 0.3) is 0 Å². The number of ether oxygens (including phenoxy) is 1. The van der Waals surface area contributed by atoms with Crippen LogP contribution in [0, 0.1) is 26.2 Å². The molecule has 1 spiro atoms. The second-order valence-electron chi connectivity index (χ2n) is 12.5. The average molecular weight is 670 g/mol. The number of anilines is 2. The normalized spacial score (nSPS) is 18.4. The summed E-state index contributed by atoms with van der Waals surface area (Å²) in [5.41, 5.74) is 9.68. The van der Waals surface area contributed by atoms with E-state index in [1.54, 1.807) is 31.3 Å². The Morgan fingerprint density at radius 2 is 1.79 bits per heavy atom. The molecule has 4 aromatic rings. The molecule has 47 heavy (non-hydrogen) atoms. The zero-order valence-electron chi connectivity index (χ0n) is 26.1. The molecular weight excluding hydrogens is 635 g/mol. The van der Waals surface area contributed by atoms with Crippen LogP contribution >= 0.6 is 11.6 Å². The van der Waals surface area contributed by atoms with Gasteiger partial charge in [0, 0.05) is 42.5 Å². The number of benzene rings is 2. The zero-order chi connectivity index (χ0) is 33.7. The number of piperidine rings is 1. The molecule has 2 aromatic carbocycles. The Bertz CT molecular complexity index is 1800. The highest BCUT2D eigenvalue weighted by atomic mass is 35.5. The monoisotopic (exact) mass is 669 g/mol. The Morgan fingerprint density at radius 1 is 1.09 bits per heavy atom. The van der Waals surface area contributed by atoms with Crippen LogP contribution in [0.25, 0.3) is 16.8 Å². The number of alkyl halides is 3. The third-order valence-corrected chi connectivity index (χ3v) is 9.70. The van der Waals surface area contributed by atoms with Crippen LogP contribution in [0.15, 0.2) is 48.7 Å². The summed E-state index contributed by atoms with van der Waals surface area (Å²) in [6, 6.07) is 10.9. The minimum absolute atomic E-state index is 0.157. The first-order chi connectivity index (χ1) is 22.2. The average Bonchev–Trinajstić information content (AvgIpc) is 3.64. The minimum atomic E-state index is -4.83. The molecule has 2 saturated heterocycles. The van der Waals surface area contributed by atoms with Gasteiger partial charge < -0.3 is 25.8 Å². The fourth-order valence-electron chi connectivity index (χ4n) is 6.57. The fraction of sp³-hybridized carbons (Fsp3) is 0.394. The lowest BCUT2D eigenvalue weighted by atomic mass is 9.76. The van der Waals surface area contributed by atoms with Gasteiger partial charge in [0.15, 0.2) is 0 Å². The number of carboxylic acid groups (broad SMARTS) is 1. The molecule has 0 amide bonds. The predicted octanol–water partition coefficient (Wildman–Crippen LogP) is 6.21. The molecule has 4 heterocycles. The number of aliphatic carboxylic acids is 1. The quantitative estimate of drug-likeness (QED) is 0.210. The number of carbonyl (C=O) groups is 1. The number of hydrogen-bond acceptors (Lipinski definition) is 8. The molecule has 0 aliphatic carbocycles. The van der Waals surface area contributed by atoms with Crippen molar-refractivity contribution in [2.45, 2.75) is 58.4 Å². The van der Waals surface area contributed by atoms with Gasteiger partial charge in [-0.2, -0.15) is 28.2 Å². The Balaban J connectivity index is 1.32. The van der Waals surface area contributed by atoms with Crippen LogP contribution in [0.5, 0.6) is 5.88 Å². The number of hydrogen-bond donors (Lipinski definition) is 3.